The number of anilines is 2. The van der Waals surface area contributed by atoms with Crippen molar-refractivity contribution in [1.29, 1.82) is 0 Å². The third kappa shape index (κ3) is 2.74. The zero-order valence-electron chi connectivity index (χ0n) is 11.7. The predicted octanol–water partition coefficient (Wildman–Crippen LogP) is 0.513. The minimum Gasteiger partial charge on any atom is -0.506 e. The van der Waals surface area contributed by atoms with Gasteiger partial charge in [-0.05, 0) is 12.1 Å². The third-order valence-corrected chi connectivity index (χ3v) is 3.76. The number of phenols is 1. The SMILES string of the molecule is NC[C@H]1CN(c2ccc(N3CCOCC3)c(O)c2)C(=O)O1. The number of amides is 1. The summed E-state index contributed by atoms with van der Waals surface area (Å²) in [6, 6.07) is 5.22. The second kappa shape index (κ2) is 5.79. The molecule has 2 aliphatic rings. The second-order valence-corrected chi connectivity index (χ2v) is 5.12. The van der Waals surface area contributed by atoms with E-state index in [1.54, 1.807) is 6.07 Å². The summed E-state index contributed by atoms with van der Waals surface area (Å²) in [5.41, 5.74) is 6.89. The molecule has 0 aromatic heterocycles. The van der Waals surface area contributed by atoms with Crippen LogP contribution in [0.1, 0.15) is 0 Å². The molecular formula is C14H19N3O4. The Bertz CT molecular complexity index is 531. The van der Waals surface area contributed by atoms with E-state index in [0.717, 1.165) is 18.8 Å². The van der Waals surface area contributed by atoms with Crippen LogP contribution in [0.15, 0.2) is 18.2 Å². The van der Waals surface area contributed by atoms with E-state index < -0.39 is 6.09 Å². The Morgan fingerprint density at radius 3 is 2.71 bits per heavy atom. The number of ether oxygens (including phenoxy) is 2. The van der Waals surface area contributed by atoms with Gasteiger partial charge in [0.2, 0.25) is 0 Å². The van der Waals surface area contributed by atoms with Crippen LogP contribution in [-0.4, -0.2) is 56.7 Å². The largest absolute Gasteiger partial charge is 0.506 e. The van der Waals surface area contributed by atoms with Crippen molar-refractivity contribution in [3.8, 4) is 5.75 Å². The normalized spacial score (nSPS) is 22.5. The molecule has 0 radical (unpaired) electrons. The molecular weight excluding hydrogens is 274 g/mol. The number of rotatable bonds is 3. The number of aromatic hydroxyl groups is 1. The molecule has 2 aliphatic heterocycles. The first-order valence-corrected chi connectivity index (χ1v) is 7.03. The maximum atomic E-state index is 11.8. The summed E-state index contributed by atoms with van der Waals surface area (Å²) < 4.78 is 10.4. The van der Waals surface area contributed by atoms with E-state index in [-0.39, 0.29) is 11.9 Å². The molecule has 2 saturated heterocycles. The zero-order valence-corrected chi connectivity index (χ0v) is 11.7. The van der Waals surface area contributed by atoms with Crippen molar-refractivity contribution in [3.63, 3.8) is 0 Å². The standard InChI is InChI=1S/C14H19N3O4/c15-8-11-9-17(14(19)21-11)10-1-2-12(13(18)7-10)16-3-5-20-6-4-16/h1-2,7,11,18H,3-6,8-9,15H2/t11-/m0/s1. The van der Waals surface area contributed by atoms with Gasteiger partial charge in [0.05, 0.1) is 31.1 Å². The first-order chi connectivity index (χ1) is 10.2. The van der Waals surface area contributed by atoms with Crippen LogP contribution in [0, 0.1) is 0 Å². The highest BCUT2D eigenvalue weighted by Gasteiger charge is 2.31. The Kier molecular flexibility index (Phi) is 3.85. The van der Waals surface area contributed by atoms with Gasteiger partial charge in [-0.15, -0.1) is 0 Å². The molecule has 7 heteroatoms. The van der Waals surface area contributed by atoms with E-state index >= 15 is 0 Å². The number of morpholine rings is 1. The van der Waals surface area contributed by atoms with Crippen molar-refractivity contribution in [3.05, 3.63) is 18.2 Å². The van der Waals surface area contributed by atoms with Crippen molar-refractivity contribution in [2.24, 2.45) is 5.73 Å². The summed E-state index contributed by atoms with van der Waals surface area (Å²) >= 11 is 0. The fourth-order valence-corrected chi connectivity index (χ4v) is 2.61. The number of benzene rings is 1. The smallest absolute Gasteiger partial charge is 0.414 e. The fourth-order valence-electron chi connectivity index (χ4n) is 2.61. The minimum atomic E-state index is -0.427. The number of nitrogens with two attached hydrogens (primary N) is 1. The summed E-state index contributed by atoms with van der Waals surface area (Å²) in [6.45, 7) is 3.49. The Morgan fingerprint density at radius 1 is 1.33 bits per heavy atom. The van der Waals surface area contributed by atoms with Crippen LogP contribution in [0.2, 0.25) is 0 Å². The Morgan fingerprint density at radius 2 is 2.10 bits per heavy atom. The van der Waals surface area contributed by atoms with Crippen molar-refractivity contribution >= 4 is 17.5 Å². The molecule has 114 valence electrons. The summed E-state index contributed by atoms with van der Waals surface area (Å²) in [5.74, 6) is 0.151. The van der Waals surface area contributed by atoms with Gasteiger partial charge in [-0.3, -0.25) is 4.90 Å². The number of carbonyl (C=O) groups is 1. The second-order valence-electron chi connectivity index (χ2n) is 5.12. The van der Waals surface area contributed by atoms with Crippen LogP contribution in [-0.2, 0) is 9.47 Å². The van der Waals surface area contributed by atoms with E-state index in [9.17, 15) is 9.90 Å². The maximum absolute atomic E-state index is 11.8. The number of phenolic OH excluding ortho intramolecular Hbond substituents is 1. The van der Waals surface area contributed by atoms with Gasteiger partial charge < -0.3 is 25.2 Å². The van der Waals surface area contributed by atoms with Gasteiger partial charge in [0.25, 0.3) is 0 Å². The average Bonchev–Trinajstić information content (AvgIpc) is 2.89. The van der Waals surface area contributed by atoms with Gasteiger partial charge in [0.15, 0.2) is 0 Å². The minimum absolute atomic E-state index is 0.151. The number of nitrogens with zero attached hydrogens (tertiary/aromatic N) is 2. The van der Waals surface area contributed by atoms with E-state index in [2.05, 4.69) is 4.90 Å². The van der Waals surface area contributed by atoms with Crippen LogP contribution in [0.3, 0.4) is 0 Å². The van der Waals surface area contributed by atoms with Crippen molar-refractivity contribution < 1.29 is 19.4 Å². The van der Waals surface area contributed by atoms with Gasteiger partial charge in [-0.1, -0.05) is 0 Å². The predicted molar refractivity (Wildman–Crippen MR) is 77.8 cm³/mol. The van der Waals surface area contributed by atoms with Crippen LogP contribution >= 0.6 is 0 Å². The van der Waals surface area contributed by atoms with Gasteiger partial charge in [0, 0.05) is 25.7 Å². The average molecular weight is 293 g/mol. The number of hydrogen-bond donors (Lipinski definition) is 2. The molecule has 0 bridgehead atoms. The van der Waals surface area contributed by atoms with Gasteiger partial charge >= 0.3 is 6.09 Å². The first kappa shape index (κ1) is 14.0. The molecule has 0 aliphatic carbocycles. The topological polar surface area (TPSA) is 88.3 Å². The van der Waals surface area contributed by atoms with E-state index in [1.807, 2.05) is 12.1 Å². The summed E-state index contributed by atoms with van der Waals surface area (Å²) in [7, 11) is 0. The zero-order chi connectivity index (χ0) is 14.8. The fraction of sp³-hybridized carbons (Fsp3) is 0.500. The molecule has 2 heterocycles. The molecule has 7 nitrogen and oxygen atoms in total. The Balaban J connectivity index is 1.79. The molecule has 0 saturated carbocycles. The van der Waals surface area contributed by atoms with Gasteiger partial charge in [-0.2, -0.15) is 0 Å². The molecule has 1 amide bonds. The Labute approximate surface area is 122 Å². The Hall–Kier alpha value is -1.99. The lowest BCUT2D eigenvalue weighted by molar-refractivity contribution is 0.122. The van der Waals surface area contributed by atoms with Crippen molar-refractivity contribution in [1.82, 2.24) is 0 Å². The summed E-state index contributed by atoms with van der Waals surface area (Å²) in [4.78, 5) is 15.3. The van der Waals surface area contributed by atoms with E-state index in [0.29, 0.717) is 32.0 Å². The lowest BCUT2D eigenvalue weighted by Gasteiger charge is -2.29. The first-order valence-electron chi connectivity index (χ1n) is 7.03. The quantitative estimate of drug-likeness (QED) is 0.844. The van der Waals surface area contributed by atoms with Crippen LogP contribution in [0.25, 0.3) is 0 Å². The van der Waals surface area contributed by atoms with Crippen LogP contribution < -0.4 is 15.5 Å². The monoisotopic (exact) mass is 293 g/mol. The molecule has 3 rings (SSSR count). The highest BCUT2D eigenvalue weighted by Crippen LogP contribution is 2.33. The lowest BCUT2D eigenvalue weighted by atomic mass is 10.2. The summed E-state index contributed by atoms with van der Waals surface area (Å²) in [6.07, 6.45) is -0.720. The van der Waals surface area contributed by atoms with Crippen molar-refractivity contribution in [2.45, 2.75) is 6.10 Å². The molecule has 1 aromatic carbocycles. The molecule has 0 unspecified atom stereocenters. The van der Waals surface area contributed by atoms with E-state index in [1.165, 1.54) is 4.90 Å². The molecule has 1 aromatic rings. The number of cyclic esters (lactones) is 1. The molecule has 1 atom stereocenters. The highest BCUT2D eigenvalue weighted by atomic mass is 16.6. The third-order valence-electron chi connectivity index (χ3n) is 3.76. The maximum Gasteiger partial charge on any atom is 0.414 e. The van der Waals surface area contributed by atoms with Crippen molar-refractivity contribution in [2.75, 3.05) is 49.2 Å². The summed E-state index contributed by atoms with van der Waals surface area (Å²) in [5, 5.41) is 10.2. The number of hydrogen-bond acceptors (Lipinski definition) is 6. The van der Waals surface area contributed by atoms with Gasteiger partial charge in [0.1, 0.15) is 11.9 Å². The van der Waals surface area contributed by atoms with Crippen LogP contribution in [0.4, 0.5) is 16.2 Å². The van der Waals surface area contributed by atoms with E-state index in [4.69, 9.17) is 15.2 Å². The molecule has 21 heavy (non-hydrogen) atoms. The molecule has 2 fully saturated rings. The molecule has 3 N–H and O–H groups in total. The lowest BCUT2D eigenvalue weighted by Crippen LogP contribution is -2.36. The number of carbonyl (C=O) groups excluding carboxylic acids is 1. The molecule has 0 spiro atoms. The van der Waals surface area contributed by atoms with Crippen LogP contribution in [0.5, 0.6) is 5.75 Å². The highest BCUT2D eigenvalue weighted by molar-refractivity contribution is 5.90. The van der Waals surface area contributed by atoms with Gasteiger partial charge in [-0.25, -0.2) is 4.79 Å².